The number of carboxylic acid groups (broad SMARTS) is 1. The van der Waals surface area contributed by atoms with Gasteiger partial charge < -0.3 is 14.7 Å². The van der Waals surface area contributed by atoms with Crippen LogP contribution in [0.3, 0.4) is 0 Å². The van der Waals surface area contributed by atoms with Gasteiger partial charge in [0.1, 0.15) is 28.0 Å². The number of aryl methyl sites for hydroxylation is 1. The number of aromatic nitrogens is 1. The molecule has 198 valence electrons. The summed E-state index contributed by atoms with van der Waals surface area (Å²) in [6.45, 7) is 3.84. The van der Waals surface area contributed by atoms with E-state index in [0.717, 1.165) is 40.4 Å². The van der Waals surface area contributed by atoms with Gasteiger partial charge in [0.25, 0.3) is 0 Å². The Kier molecular flexibility index (Phi) is 6.17. The van der Waals surface area contributed by atoms with Gasteiger partial charge in [-0.25, -0.2) is 13.4 Å². The van der Waals surface area contributed by atoms with Crippen LogP contribution in [0.4, 0.5) is 5.82 Å². The summed E-state index contributed by atoms with van der Waals surface area (Å²) in [4.78, 5) is 18.4. The molecule has 3 aromatic rings. The minimum Gasteiger partial charge on any atom is -0.489 e. The predicted octanol–water partition coefficient (Wildman–Crippen LogP) is 4.62. The van der Waals surface area contributed by atoms with Crippen LogP contribution in [0.5, 0.6) is 5.75 Å². The smallest absolute Gasteiger partial charge is 0.307 e. The monoisotopic (exact) mass is 532 g/mol. The zero-order valence-electron chi connectivity index (χ0n) is 21.6. The summed E-state index contributed by atoms with van der Waals surface area (Å²) >= 11 is 0. The molecule has 3 aliphatic rings. The quantitative estimate of drug-likeness (QED) is 0.474. The molecule has 0 bridgehead atoms. The van der Waals surface area contributed by atoms with Gasteiger partial charge in [0, 0.05) is 36.5 Å². The zero-order valence-corrected chi connectivity index (χ0v) is 22.4. The maximum atomic E-state index is 11.9. The first kappa shape index (κ1) is 24.9. The molecule has 2 heterocycles. The van der Waals surface area contributed by atoms with Gasteiger partial charge in [0.05, 0.1) is 11.2 Å². The molecule has 1 aromatic heterocycles. The number of sulfone groups is 1. The SMILES string of the molecule is Cc1nc(N2CCC(S(C)(=O)=O)CC2)ccc1-c1cccc(COc2ccc3c(c2)CC2C(C(=O)O)C32)c1. The molecule has 1 saturated heterocycles. The maximum Gasteiger partial charge on any atom is 0.307 e. The highest BCUT2D eigenvalue weighted by Crippen LogP contribution is 2.61. The Balaban J connectivity index is 1.11. The number of carbonyl (C=O) groups is 1. The molecule has 1 N–H and O–H groups in total. The summed E-state index contributed by atoms with van der Waals surface area (Å²) in [7, 11) is -2.99. The topological polar surface area (TPSA) is 96.8 Å². The predicted molar refractivity (Wildman–Crippen MR) is 146 cm³/mol. The van der Waals surface area contributed by atoms with E-state index in [2.05, 4.69) is 29.2 Å². The largest absolute Gasteiger partial charge is 0.489 e. The number of aliphatic carboxylic acids is 1. The van der Waals surface area contributed by atoms with Crippen molar-refractivity contribution in [1.82, 2.24) is 4.98 Å². The number of ether oxygens (including phenoxy) is 1. The van der Waals surface area contributed by atoms with Crippen molar-refractivity contribution >= 4 is 21.6 Å². The second-order valence-corrected chi connectivity index (χ2v) is 13.3. The van der Waals surface area contributed by atoms with Crippen molar-refractivity contribution in [3.8, 4) is 16.9 Å². The van der Waals surface area contributed by atoms with Crippen LogP contribution >= 0.6 is 0 Å². The molecule has 0 spiro atoms. The van der Waals surface area contributed by atoms with Crippen LogP contribution in [0.15, 0.2) is 54.6 Å². The molecule has 0 radical (unpaired) electrons. The third-order valence-corrected chi connectivity index (χ3v) is 10.2. The van der Waals surface area contributed by atoms with E-state index < -0.39 is 15.8 Å². The van der Waals surface area contributed by atoms with Crippen LogP contribution in [0.25, 0.3) is 11.1 Å². The normalized spacial score (nSPS) is 22.6. The summed E-state index contributed by atoms with van der Waals surface area (Å²) in [5.41, 5.74) is 6.51. The highest BCUT2D eigenvalue weighted by Gasteiger charge is 2.59. The van der Waals surface area contributed by atoms with Crippen molar-refractivity contribution in [3.63, 3.8) is 0 Å². The lowest BCUT2D eigenvalue weighted by molar-refractivity contribution is -0.139. The van der Waals surface area contributed by atoms with Crippen molar-refractivity contribution in [3.05, 3.63) is 77.0 Å². The van der Waals surface area contributed by atoms with Crippen LogP contribution in [0.1, 0.15) is 41.1 Å². The minimum absolute atomic E-state index is 0.177. The fourth-order valence-corrected chi connectivity index (χ4v) is 7.42. The molecule has 2 fully saturated rings. The lowest BCUT2D eigenvalue weighted by Gasteiger charge is -2.32. The van der Waals surface area contributed by atoms with Gasteiger partial charge >= 0.3 is 5.97 Å². The minimum atomic E-state index is -2.99. The molecular weight excluding hydrogens is 500 g/mol. The van der Waals surface area contributed by atoms with Gasteiger partial charge in [-0.05, 0) is 84.7 Å². The number of benzene rings is 2. The standard InChI is InChI=1S/C30H32N2O5S/c1-18-24(8-9-27(31-18)32-12-10-23(11-13-32)38(2,35)36)20-5-3-4-19(14-20)17-37-22-6-7-25-21(15-22)16-26-28(25)29(26)30(33)34/h3-9,14-15,23,26,28-29H,10-13,16-17H2,1-2H3,(H,33,34). The average molecular weight is 533 g/mol. The third-order valence-electron chi connectivity index (χ3n) is 8.47. The molecule has 3 unspecified atom stereocenters. The lowest BCUT2D eigenvalue weighted by atomic mass is 10.0. The van der Waals surface area contributed by atoms with Crippen molar-refractivity contribution < 1.29 is 23.1 Å². The maximum absolute atomic E-state index is 11.9. The van der Waals surface area contributed by atoms with Crippen LogP contribution in [-0.4, -0.2) is 49.1 Å². The van der Waals surface area contributed by atoms with Gasteiger partial charge in [-0.2, -0.15) is 0 Å². The van der Waals surface area contributed by atoms with Gasteiger partial charge in [0.2, 0.25) is 0 Å². The molecule has 1 saturated carbocycles. The summed E-state index contributed by atoms with van der Waals surface area (Å²) in [5.74, 6) is 1.23. The molecule has 6 rings (SSSR count). The number of anilines is 1. The van der Waals surface area contributed by atoms with Crippen molar-refractivity contribution in [2.75, 3.05) is 24.2 Å². The van der Waals surface area contributed by atoms with E-state index in [1.807, 2.05) is 37.3 Å². The Morgan fingerprint density at radius 2 is 1.89 bits per heavy atom. The molecule has 0 amide bonds. The number of nitrogens with zero attached hydrogens (tertiary/aromatic N) is 2. The summed E-state index contributed by atoms with van der Waals surface area (Å²) in [6.07, 6.45) is 3.42. The summed E-state index contributed by atoms with van der Waals surface area (Å²) in [6, 6.07) is 18.4. The van der Waals surface area contributed by atoms with Crippen molar-refractivity contribution in [2.45, 2.75) is 44.0 Å². The van der Waals surface area contributed by atoms with E-state index in [1.165, 1.54) is 17.4 Å². The number of piperidine rings is 1. The third kappa shape index (κ3) is 4.66. The number of fused-ring (bicyclic) bond motifs is 3. The molecule has 1 aliphatic heterocycles. The van der Waals surface area contributed by atoms with E-state index in [-0.39, 0.29) is 23.0 Å². The Morgan fingerprint density at radius 1 is 1.11 bits per heavy atom. The van der Waals surface area contributed by atoms with Gasteiger partial charge in [-0.1, -0.05) is 24.3 Å². The lowest BCUT2D eigenvalue weighted by Crippen LogP contribution is -2.39. The Hall–Kier alpha value is -3.39. The first-order chi connectivity index (χ1) is 18.2. The highest BCUT2D eigenvalue weighted by molar-refractivity contribution is 7.91. The summed E-state index contributed by atoms with van der Waals surface area (Å²) in [5, 5.41) is 9.07. The molecule has 2 aromatic carbocycles. The Morgan fingerprint density at radius 3 is 2.61 bits per heavy atom. The number of hydrogen-bond donors (Lipinski definition) is 1. The van der Waals surface area contributed by atoms with Crippen LogP contribution < -0.4 is 9.64 Å². The van der Waals surface area contributed by atoms with E-state index in [1.54, 1.807) is 0 Å². The first-order valence-corrected chi connectivity index (χ1v) is 15.1. The summed E-state index contributed by atoms with van der Waals surface area (Å²) < 4.78 is 29.8. The van der Waals surface area contributed by atoms with Gasteiger partial charge in [-0.15, -0.1) is 0 Å². The fraction of sp³-hybridized carbons (Fsp3) is 0.400. The van der Waals surface area contributed by atoms with Crippen LogP contribution in [0, 0.1) is 18.8 Å². The molecule has 7 nitrogen and oxygen atoms in total. The van der Waals surface area contributed by atoms with Crippen molar-refractivity contribution in [1.29, 1.82) is 0 Å². The molecule has 38 heavy (non-hydrogen) atoms. The van der Waals surface area contributed by atoms with Gasteiger partial charge in [0.15, 0.2) is 0 Å². The molecule has 8 heteroatoms. The van der Waals surface area contributed by atoms with Crippen LogP contribution in [0.2, 0.25) is 0 Å². The Bertz CT molecular complexity index is 1510. The molecule has 3 atom stereocenters. The number of hydrogen-bond acceptors (Lipinski definition) is 6. The van der Waals surface area contributed by atoms with Crippen LogP contribution in [-0.2, 0) is 27.7 Å². The average Bonchev–Trinajstić information content (AvgIpc) is 3.49. The fourth-order valence-electron chi connectivity index (χ4n) is 6.35. The second-order valence-electron chi connectivity index (χ2n) is 10.9. The van der Waals surface area contributed by atoms with E-state index in [4.69, 9.17) is 9.72 Å². The zero-order chi connectivity index (χ0) is 26.6. The number of carboxylic acids is 1. The first-order valence-electron chi connectivity index (χ1n) is 13.2. The van der Waals surface area contributed by atoms with Crippen molar-refractivity contribution in [2.24, 2.45) is 11.8 Å². The van der Waals surface area contributed by atoms with E-state index in [9.17, 15) is 18.3 Å². The van der Waals surface area contributed by atoms with E-state index in [0.29, 0.717) is 32.5 Å². The molecular formula is C30H32N2O5S. The van der Waals surface area contributed by atoms with Gasteiger partial charge in [-0.3, -0.25) is 4.79 Å². The van der Waals surface area contributed by atoms with E-state index >= 15 is 0 Å². The number of pyridine rings is 1. The second kappa shape index (κ2) is 9.42. The number of rotatable bonds is 7. The highest BCUT2D eigenvalue weighted by atomic mass is 32.2. The Labute approximate surface area is 223 Å². The molecule has 2 aliphatic carbocycles.